The van der Waals surface area contributed by atoms with Gasteiger partial charge >= 0.3 is 0 Å². The highest BCUT2D eigenvalue weighted by atomic mass is 35.5. The van der Waals surface area contributed by atoms with Crippen LogP contribution < -0.4 is 11.1 Å². The number of nitrogen functional groups attached to an aromatic ring is 1. The van der Waals surface area contributed by atoms with Crippen molar-refractivity contribution in [3.05, 3.63) is 53.3 Å². The molecule has 3 aliphatic heterocycles. The number of fused-ring (bicyclic) bond motifs is 2. The number of amides is 1. The number of carbonyl (C=O) groups excluding carboxylic acids is 1. The molecule has 5 rings (SSSR count). The number of rotatable bonds is 2. The summed E-state index contributed by atoms with van der Waals surface area (Å²) in [5, 5.41) is 3.54. The molecule has 1 aromatic carbocycles. The number of aromatic nitrogens is 2. The topological polar surface area (TPSA) is 93.4 Å². The molecule has 1 amide bonds. The Balaban J connectivity index is 0.00000136. The lowest BCUT2D eigenvalue weighted by atomic mass is 9.83. The van der Waals surface area contributed by atoms with Crippen molar-refractivity contribution in [2.45, 2.75) is 49.8 Å². The summed E-state index contributed by atoms with van der Waals surface area (Å²) in [6.45, 7) is 2.02. The minimum Gasteiger partial charge on any atom is -0.368 e. The molecule has 7 nitrogen and oxygen atoms in total. The number of piperidine rings is 1. The van der Waals surface area contributed by atoms with Gasteiger partial charge in [-0.15, -0.1) is 24.8 Å². The highest BCUT2D eigenvalue weighted by molar-refractivity contribution is 5.85. The molecular formula is C22H29Cl2N5O2. The van der Waals surface area contributed by atoms with Gasteiger partial charge in [0.1, 0.15) is 5.60 Å². The number of nitrogens with one attached hydrogen (secondary N) is 1. The number of nitrogens with two attached hydrogens (primary N) is 1. The zero-order chi connectivity index (χ0) is 19.8. The van der Waals surface area contributed by atoms with E-state index in [-0.39, 0.29) is 48.8 Å². The van der Waals surface area contributed by atoms with Gasteiger partial charge in [0, 0.05) is 25.3 Å². The summed E-state index contributed by atoms with van der Waals surface area (Å²) in [6, 6.07) is 10.5. The first-order valence-corrected chi connectivity index (χ1v) is 10.5. The van der Waals surface area contributed by atoms with Gasteiger partial charge < -0.3 is 15.4 Å². The number of anilines is 1. The van der Waals surface area contributed by atoms with Crippen molar-refractivity contribution in [1.29, 1.82) is 0 Å². The Hall–Kier alpha value is -1.93. The fraction of sp³-hybridized carbons (Fsp3) is 0.500. The summed E-state index contributed by atoms with van der Waals surface area (Å²) < 4.78 is 6.22. The van der Waals surface area contributed by atoms with Crippen molar-refractivity contribution in [2.75, 3.05) is 25.4 Å². The predicted octanol–water partition coefficient (Wildman–Crippen LogP) is 2.79. The van der Waals surface area contributed by atoms with E-state index in [9.17, 15) is 4.79 Å². The second-order valence-electron chi connectivity index (χ2n) is 8.28. The van der Waals surface area contributed by atoms with Gasteiger partial charge in [0.25, 0.3) is 0 Å². The van der Waals surface area contributed by atoms with E-state index in [4.69, 9.17) is 10.5 Å². The molecule has 3 N–H and O–H groups in total. The van der Waals surface area contributed by atoms with Crippen LogP contribution in [0.4, 0.5) is 5.95 Å². The molecule has 0 saturated carbocycles. The molecular weight excluding hydrogens is 437 g/mol. The van der Waals surface area contributed by atoms with E-state index in [1.165, 1.54) is 5.56 Å². The number of carbonyl (C=O) groups is 1. The number of hydrogen-bond donors (Lipinski definition) is 2. The van der Waals surface area contributed by atoms with E-state index >= 15 is 0 Å². The molecule has 31 heavy (non-hydrogen) atoms. The van der Waals surface area contributed by atoms with Crippen LogP contribution in [0.2, 0.25) is 0 Å². The molecule has 0 aliphatic carbocycles. The SMILES string of the molecule is Cl.Cl.Nc1ncc2c(n1)C1(CCN(C(=O)[C@H]3CC[C@H](c4ccccc4)N3)CC1)OCC2. The fourth-order valence-electron chi connectivity index (χ4n) is 5.00. The minimum absolute atomic E-state index is 0. The smallest absolute Gasteiger partial charge is 0.239 e. The van der Waals surface area contributed by atoms with Crippen molar-refractivity contribution >= 4 is 36.7 Å². The van der Waals surface area contributed by atoms with Gasteiger partial charge in [0.05, 0.1) is 18.3 Å². The van der Waals surface area contributed by atoms with Crippen LogP contribution in [0, 0.1) is 0 Å². The van der Waals surface area contributed by atoms with Crippen LogP contribution in [0.3, 0.4) is 0 Å². The van der Waals surface area contributed by atoms with E-state index < -0.39 is 5.60 Å². The third-order valence-corrected chi connectivity index (χ3v) is 6.59. The van der Waals surface area contributed by atoms with Gasteiger partial charge in [0.2, 0.25) is 11.9 Å². The molecule has 2 saturated heterocycles. The van der Waals surface area contributed by atoms with Gasteiger partial charge in [-0.3, -0.25) is 10.1 Å². The van der Waals surface area contributed by atoms with Gasteiger partial charge in [-0.2, -0.15) is 0 Å². The molecule has 168 valence electrons. The maximum atomic E-state index is 13.1. The van der Waals surface area contributed by atoms with Gasteiger partial charge in [0.15, 0.2) is 0 Å². The Morgan fingerprint density at radius 1 is 1.16 bits per heavy atom. The monoisotopic (exact) mass is 465 g/mol. The Morgan fingerprint density at radius 2 is 1.90 bits per heavy atom. The van der Waals surface area contributed by atoms with Crippen LogP contribution >= 0.6 is 24.8 Å². The number of halogens is 2. The first-order valence-electron chi connectivity index (χ1n) is 10.5. The number of hydrogen-bond acceptors (Lipinski definition) is 6. The van der Waals surface area contributed by atoms with Gasteiger partial charge in [-0.05, 0) is 43.2 Å². The summed E-state index contributed by atoms with van der Waals surface area (Å²) in [6.07, 6.45) is 6.00. The van der Waals surface area contributed by atoms with Crippen molar-refractivity contribution in [1.82, 2.24) is 20.2 Å². The average molecular weight is 466 g/mol. The largest absolute Gasteiger partial charge is 0.368 e. The number of likely N-dealkylation sites (tertiary alicyclic amines) is 1. The molecule has 2 atom stereocenters. The summed E-state index contributed by atoms with van der Waals surface area (Å²) in [5.41, 5.74) is 8.70. The fourth-order valence-corrected chi connectivity index (χ4v) is 5.00. The lowest BCUT2D eigenvalue weighted by molar-refractivity contribution is -0.143. The van der Waals surface area contributed by atoms with Crippen molar-refractivity contribution in [3.8, 4) is 0 Å². The molecule has 0 radical (unpaired) electrons. The van der Waals surface area contributed by atoms with E-state index in [1.807, 2.05) is 17.2 Å². The van der Waals surface area contributed by atoms with E-state index in [0.29, 0.717) is 19.7 Å². The summed E-state index contributed by atoms with van der Waals surface area (Å²) in [5.74, 6) is 0.491. The van der Waals surface area contributed by atoms with Crippen LogP contribution in [-0.2, 0) is 21.6 Å². The van der Waals surface area contributed by atoms with Crippen molar-refractivity contribution in [2.24, 2.45) is 0 Å². The standard InChI is InChI=1S/C22H27N5O2.2ClH/c23-21-24-14-16-8-13-29-22(19(16)26-21)9-11-27(12-10-22)20(28)18-7-6-17(25-18)15-4-2-1-3-5-15;;/h1-5,14,17-18,25H,6-13H2,(H2,23,24,26);2*1H/t17-,18-;;/m1../s1. The second kappa shape index (κ2) is 9.69. The maximum Gasteiger partial charge on any atom is 0.239 e. The van der Waals surface area contributed by atoms with Crippen LogP contribution in [0.15, 0.2) is 36.5 Å². The predicted molar refractivity (Wildman–Crippen MR) is 123 cm³/mol. The van der Waals surface area contributed by atoms with E-state index in [2.05, 4.69) is 39.6 Å². The molecule has 4 heterocycles. The molecule has 2 fully saturated rings. The molecule has 3 aliphatic rings. The van der Waals surface area contributed by atoms with Crippen molar-refractivity contribution in [3.63, 3.8) is 0 Å². The third kappa shape index (κ3) is 4.51. The highest BCUT2D eigenvalue weighted by Gasteiger charge is 2.44. The normalized spacial score (nSPS) is 24.1. The Morgan fingerprint density at radius 3 is 2.65 bits per heavy atom. The van der Waals surface area contributed by atoms with Crippen molar-refractivity contribution < 1.29 is 9.53 Å². The van der Waals surface area contributed by atoms with E-state index in [1.54, 1.807) is 0 Å². The lowest BCUT2D eigenvalue weighted by Gasteiger charge is -2.44. The minimum atomic E-state index is -0.433. The Bertz CT molecular complexity index is 906. The van der Waals surface area contributed by atoms with Crippen LogP contribution in [-0.4, -0.2) is 46.5 Å². The molecule has 9 heteroatoms. The summed E-state index contributed by atoms with van der Waals surface area (Å²) >= 11 is 0. The number of benzene rings is 1. The third-order valence-electron chi connectivity index (χ3n) is 6.59. The first kappa shape index (κ1) is 23.7. The molecule has 0 bridgehead atoms. The maximum absolute atomic E-state index is 13.1. The van der Waals surface area contributed by atoms with Gasteiger partial charge in [-0.1, -0.05) is 30.3 Å². The van der Waals surface area contributed by atoms with Crippen LogP contribution in [0.1, 0.15) is 48.5 Å². The summed E-state index contributed by atoms with van der Waals surface area (Å²) in [7, 11) is 0. The Kier molecular flexibility index (Phi) is 7.42. The quantitative estimate of drug-likeness (QED) is 0.707. The second-order valence-corrected chi connectivity index (χ2v) is 8.28. The average Bonchev–Trinajstić information content (AvgIpc) is 3.26. The van der Waals surface area contributed by atoms with Gasteiger partial charge in [-0.25, -0.2) is 9.97 Å². The van der Waals surface area contributed by atoms with E-state index in [0.717, 1.165) is 43.4 Å². The number of nitrogens with zero attached hydrogens (tertiary/aromatic N) is 3. The highest BCUT2D eigenvalue weighted by Crippen LogP contribution is 2.40. The zero-order valence-electron chi connectivity index (χ0n) is 17.3. The molecule has 2 aromatic rings. The zero-order valence-corrected chi connectivity index (χ0v) is 19.0. The molecule has 1 spiro atoms. The lowest BCUT2D eigenvalue weighted by Crippen LogP contribution is -2.52. The molecule has 0 unspecified atom stereocenters. The van der Waals surface area contributed by atoms with Crippen LogP contribution in [0.25, 0.3) is 0 Å². The first-order chi connectivity index (χ1) is 14.1. The molecule has 1 aromatic heterocycles. The summed E-state index contributed by atoms with van der Waals surface area (Å²) in [4.78, 5) is 23.8. The Labute approximate surface area is 195 Å². The number of ether oxygens (including phenoxy) is 1. The van der Waals surface area contributed by atoms with Crippen LogP contribution in [0.5, 0.6) is 0 Å².